The summed E-state index contributed by atoms with van der Waals surface area (Å²) >= 11 is 0. The van der Waals surface area contributed by atoms with Crippen molar-refractivity contribution in [3.63, 3.8) is 0 Å². The van der Waals surface area contributed by atoms with Crippen molar-refractivity contribution >= 4 is 11.4 Å². The third-order valence-electron chi connectivity index (χ3n) is 6.04. The average Bonchev–Trinajstić information content (AvgIpc) is 3.27. The van der Waals surface area contributed by atoms with Crippen LogP contribution in [0.5, 0.6) is 0 Å². The molecule has 2 nitrogen and oxygen atoms in total. The zero-order valence-corrected chi connectivity index (χ0v) is 16.1. The summed E-state index contributed by atoms with van der Waals surface area (Å²) in [5.74, 6) is -0.383. The fraction of sp³-hybridized carbons (Fsp3) is 0.0769. The zero-order chi connectivity index (χ0) is 20.2. The molecule has 2 N–H and O–H groups in total. The maximum atomic E-state index is 13.5. The van der Waals surface area contributed by atoms with Crippen LogP contribution in [0.25, 0.3) is 22.3 Å². The molecule has 0 saturated carbocycles. The fourth-order valence-electron chi connectivity index (χ4n) is 4.66. The SMILES string of the molecule is Fc1ccc2c(c1)Cc1cc(NNc3ccc4c(c3)Cc3cc(F)ccc3-4)ccc1-2. The summed E-state index contributed by atoms with van der Waals surface area (Å²) in [6.07, 6.45) is 1.48. The van der Waals surface area contributed by atoms with Gasteiger partial charge in [0.25, 0.3) is 0 Å². The summed E-state index contributed by atoms with van der Waals surface area (Å²) < 4.78 is 27.1. The van der Waals surface area contributed by atoms with Gasteiger partial charge in [0, 0.05) is 0 Å². The summed E-state index contributed by atoms with van der Waals surface area (Å²) in [6.45, 7) is 0. The van der Waals surface area contributed by atoms with E-state index in [0.29, 0.717) is 0 Å². The van der Waals surface area contributed by atoms with E-state index in [4.69, 9.17) is 0 Å². The number of halogens is 2. The van der Waals surface area contributed by atoms with Gasteiger partial charge in [0.15, 0.2) is 0 Å². The molecule has 0 atom stereocenters. The number of hydrogen-bond acceptors (Lipinski definition) is 2. The Balaban J connectivity index is 1.20. The first-order chi connectivity index (χ1) is 14.6. The molecular weight excluding hydrogens is 378 g/mol. The summed E-state index contributed by atoms with van der Waals surface area (Å²) in [4.78, 5) is 0. The Morgan fingerprint density at radius 2 is 0.833 bits per heavy atom. The Kier molecular flexibility index (Phi) is 3.69. The maximum absolute atomic E-state index is 13.5. The highest BCUT2D eigenvalue weighted by Gasteiger charge is 2.20. The van der Waals surface area contributed by atoms with Gasteiger partial charge in [-0.15, -0.1) is 0 Å². The molecular formula is C26H18F2N2. The minimum atomic E-state index is -0.192. The lowest BCUT2D eigenvalue weighted by molar-refractivity contribution is 0.626. The van der Waals surface area contributed by atoms with E-state index in [1.165, 1.54) is 23.3 Å². The van der Waals surface area contributed by atoms with Gasteiger partial charge in [-0.25, -0.2) is 8.78 Å². The molecule has 0 bridgehead atoms. The summed E-state index contributed by atoms with van der Waals surface area (Å²) in [7, 11) is 0. The van der Waals surface area contributed by atoms with E-state index < -0.39 is 0 Å². The van der Waals surface area contributed by atoms with Crippen molar-refractivity contribution in [1.82, 2.24) is 0 Å². The molecule has 4 heteroatoms. The Morgan fingerprint density at radius 1 is 0.467 bits per heavy atom. The van der Waals surface area contributed by atoms with Gasteiger partial charge in [-0.2, -0.15) is 0 Å². The molecule has 0 spiro atoms. The Bertz CT molecular complexity index is 1220. The smallest absolute Gasteiger partial charge is 0.123 e. The van der Waals surface area contributed by atoms with E-state index in [0.717, 1.165) is 57.6 Å². The van der Waals surface area contributed by atoms with E-state index in [9.17, 15) is 8.78 Å². The van der Waals surface area contributed by atoms with Crippen LogP contribution in [0.1, 0.15) is 22.3 Å². The highest BCUT2D eigenvalue weighted by Crippen LogP contribution is 2.39. The van der Waals surface area contributed by atoms with Gasteiger partial charge in [0.05, 0.1) is 11.4 Å². The molecule has 0 aliphatic heterocycles. The first kappa shape index (κ1) is 17.2. The molecule has 146 valence electrons. The van der Waals surface area contributed by atoms with E-state index in [1.54, 1.807) is 12.1 Å². The topological polar surface area (TPSA) is 24.1 Å². The second-order valence-corrected chi connectivity index (χ2v) is 7.95. The minimum absolute atomic E-state index is 0.192. The van der Waals surface area contributed by atoms with Gasteiger partial charge >= 0.3 is 0 Å². The lowest BCUT2D eigenvalue weighted by Gasteiger charge is -2.12. The van der Waals surface area contributed by atoms with Crippen LogP contribution in [0.15, 0.2) is 72.8 Å². The van der Waals surface area contributed by atoms with Crippen LogP contribution >= 0.6 is 0 Å². The second kappa shape index (κ2) is 6.42. The first-order valence-corrected chi connectivity index (χ1v) is 9.99. The number of hydrazine groups is 1. The molecule has 0 unspecified atom stereocenters. The normalized spacial score (nSPS) is 12.7. The molecule has 0 saturated heterocycles. The number of nitrogens with one attached hydrogen (secondary N) is 2. The van der Waals surface area contributed by atoms with Crippen LogP contribution < -0.4 is 10.9 Å². The van der Waals surface area contributed by atoms with Crippen molar-refractivity contribution in [3.05, 3.63) is 107 Å². The molecule has 0 aromatic heterocycles. The van der Waals surface area contributed by atoms with Crippen molar-refractivity contribution in [3.8, 4) is 22.3 Å². The zero-order valence-electron chi connectivity index (χ0n) is 16.1. The number of benzene rings is 4. The minimum Gasteiger partial charge on any atom is -0.301 e. The molecule has 0 amide bonds. The predicted molar refractivity (Wildman–Crippen MR) is 117 cm³/mol. The van der Waals surface area contributed by atoms with Gasteiger partial charge in [-0.1, -0.05) is 24.3 Å². The van der Waals surface area contributed by atoms with Gasteiger partial charge in [-0.05, 0) is 106 Å². The van der Waals surface area contributed by atoms with E-state index >= 15 is 0 Å². The van der Waals surface area contributed by atoms with Gasteiger partial charge < -0.3 is 10.9 Å². The Labute approximate surface area is 173 Å². The van der Waals surface area contributed by atoms with Crippen LogP contribution in [-0.2, 0) is 12.8 Å². The Hall–Kier alpha value is -3.66. The van der Waals surface area contributed by atoms with E-state index in [-0.39, 0.29) is 11.6 Å². The number of fused-ring (bicyclic) bond motifs is 6. The van der Waals surface area contributed by atoms with Crippen LogP contribution in [0.2, 0.25) is 0 Å². The maximum Gasteiger partial charge on any atom is 0.123 e. The third kappa shape index (κ3) is 2.76. The van der Waals surface area contributed by atoms with Crippen LogP contribution in [0.3, 0.4) is 0 Å². The van der Waals surface area contributed by atoms with Crippen molar-refractivity contribution in [2.24, 2.45) is 0 Å². The van der Waals surface area contributed by atoms with E-state index in [2.05, 4.69) is 35.1 Å². The highest BCUT2D eigenvalue weighted by molar-refractivity contribution is 5.80. The number of rotatable bonds is 3. The molecule has 4 aromatic carbocycles. The van der Waals surface area contributed by atoms with Crippen molar-refractivity contribution < 1.29 is 8.78 Å². The Morgan fingerprint density at radius 3 is 1.27 bits per heavy atom. The van der Waals surface area contributed by atoms with Crippen LogP contribution in [-0.4, -0.2) is 0 Å². The second-order valence-electron chi connectivity index (χ2n) is 7.95. The van der Waals surface area contributed by atoms with E-state index in [1.807, 2.05) is 24.3 Å². The standard InChI is InChI=1S/C26H18F2N2/c27-19-1-5-23-15(11-19)9-17-13-21(3-7-25(17)23)29-30-22-4-8-26-18(14-22)10-16-12-20(28)2-6-24(16)26/h1-8,11-14,29-30H,9-10H2. The fourth-order valence-corrected chi connectivity index (χ4v) is 4.66. The van der Waals surface area contributed by atoms with Crippen molar-refractivity contribution in [2.75, 3.05) is 10.9 Å². The van der Waals surface area contributed by atoms with Crippen LogP contribution in [0, 0.1) is 11.6 Å². The highest BCUT2D eigenvalue weighted by atomic mass is 19.1. The summed E-state index contributed by atoms with van der Waals surface area (Å²) in [5, 5.41) is 0. The summed E-state index contributed by atoms with van der Waals surface area (Å²) in [6, 6.07) is 22.4. The van der Waals surface area contributed by atoms with Crippen molar-refractivity contribution in [1.29, 1.82) is 0 Å². The first-order valence-electron chi connectivity index (χ1n) is 9.99. The predicted octanol–water partition coefficient (Wildman–Crippen LogP) is 6.55. The lowest BCUT2D eigenvalue weighted by Crippen LogP contribution is -2.09. The molecule has 0 fully saturated rings. The number of hydrogen-bond donors (Lipinski definition) is 2. The molecule has 30 heavy (non-hydrogen) atoms. The molecule has 0 radical (unpaired) electrons. The molecule has 2 aliphatic rings. The lowest BCUT2D eigenvalue weighted by atomic mass is 10.1. The average molecular weight is 396 g/mol. The number of anilines is 2. The molecule has 4 aromatic rings. The van der Waals surface area contributed by atoms with Gasteiger partial charge in [-0.3, -0.25) is 0 Å². The third-order valence-corrected chi connectivity index (χ3v) is 6.04. The summed E-state index contributed by atoms with van der Waals surface area (Å²) in [5.41, 5.74) is 17.4. The molecule has 2 aliphatic carbocycles. The van der Waals surface area contributed by atoms with Gasteiger partial charge in [0.1, 0.15) is 11.6 Å². The van der Waals surface area contributed by atoms with Crippen LogP contribution in [0.4, 0.5) is 20.2 Å². The quantitative estimate of drug-likeness (QED) is 0.332. The van der Waals surface area contributed by atoms with Gasteiger partial charge in [0.2, 0.25) is 0 Å². The molecule has 6 rings (SSSR count). The van der Waals surface area contributed by atoms with Crippen molar-refractivity contribution in [2.45, 2.75) is 12.8 Å². The molecule has 0 heterocycles. The largest absolute Gasteiger partial charge is 0.301 e. The monoisotopic (exact) mass is 396 g/mol.